The number of carbonyl (C=O) groups is 1. The van der Waals surface area contributed by atoms with Crippen LogP contribution in [-0.2, 0) is 17.6 Å². The molecule has 1 heterocycles. The second-order valence-electron chi connectivity index (χ2n) is 5.34. The highest BCUT2D eigenvalue weighted by molar-refractivity contribution is 7.07. The number of carbonyl (C=O) groups excluding carboxylic acids is 1. The van der Waals surface area contributed by atoms with Gasteiger partial charge in [0.25, 0.3) is 0 Å². The summed E-state index contributed by atoms with van der Waals surface area (Å²) in [5.41, 5.74) is 3.87. The van der Waals surface area contributed by atoms with Crippen molar-refractivity contribution in [3.05, 3.63) is 40.3 Å². The average Bonchev–Trinajstić information content (AvgIpc) is 3.05. The molecular formula is C17H22N2O3S. The maximum Gasteiger partial charge on any atom is 0.220 e. The Bertz CT molecular complexity index is 629. The normalized spacial score (nSPS) is 11.8. The molecule has 23 heavy (non-hydrogen) atoms. The molecule has 1 aromatic carbocycles. The molecule has 0 aliphatic heterocycles. The number of hydrogen-bond donors (Lipinski definition) is 1. The van der Waals surface area contributed by atoms with Crippen LogP contribution in [0.15, 0.2) is 29.1 Å². The van der Waals surface area contributed by atoms with E-state index in [4.69, 9.17) is 9.47 Å². The van der Waals surface area contributed by atoms with Crippen molar-refractivity contribution in [1.29, 1.82) is 0 Å². The molecule has 1 N–H and O–H groups in total. The van der Waals surface area contributed by atoms with Gasteiger partial charge in [-0.3, -0.25) is 4.79 Å². The van der Waals surface area contributed by atoms with E-state index in [2.05, 4.69) is 10.3 Å². The van der Waals surface area contributed by atoms with E-state index in [9.17, 15) is 4.79 Å². The molecule has 0 aliphatic carbocycles. The van der Waals surface area contributed by atoms with Gasteiger partial charge in [-0.15, -0.1) is 11.3 Å². The Kier molecular flexibility index (Phi) is 6.40. The lowest BCUT2D eigenvalue weighted by molar-refractivity contribution is -0.121. The summed E-state index contributed by atoms with van der Waals surface area (Å²) in [4.78, 5) is 16.3. The first kappa shape index (κ1) is 17.3. The zero-order chi connectivity index (χ0) is 16.7. The number of thiazole rings is 1. The van der Waals surface area contributed by atoms with Crippen molar-refractivity contribution in [3.8, 4) is 11.5 Å². The van der Waals surface area contributed by atoms with Crippen LogP contribution in [-0.4, -0.2) is 31.2 Å². The van der Waals surface area contributed by atoms with Gasteiger partial charge in [0, 0.05) is 24.3 Å². The molecule has 0 aliphatic rings. The van der Waals surface area contributed by atoms with E-state index >= 15 is 0 Å². The summed E-state index contributed by atoms with van der Waals surface area (Å²) in [6.45, 7) is 1.99. The number of aryl methyl sites for hydroxylation is 1. The molecule has 2 rings (SSSR count). The lowest BCUT2D eigenvalue weighted by atomic mass is 10.1. The number of ether oxygens (including phenoxy) is 2. The Labute approximate surface area is 140 Å². The quantitative estimate of drug-likeness (QED) is 0.806. The van der Waals surface area contributed by atoms with Gasteiger partial charge in [-0.05, 0) is 31.0 Å². The summed E-state index contributed by atoms with van der Waals surface area (Å²) < 4.78 is 10.5. The van der Waals surface area contributed by atoms with Crippen molar-refractivity contribution in [3.63, 3.8) is 0 Å². The van der Waals surface area contributed by atoms with Crippen LogP contribution in [0.4, 0.5) is 0 Å². The van der Waals surface area contributed by atoms with Crippen LogP contribution in [0.25, 0.3) is 0 Å². The number of methoxy groups -OCH3 is 2. The zero-order valence-corrected chi connectivity index (χ0v) is 14.5. The van der Waals surface area contributed by atoms with Crippen LogP contribution >= 0.6 is 11.3 Å². The van der Waals surface area contributed by atoms with Crippen molar-refractivity contribution in [2.45, 2.75) is 32.2 Å². The summed E-state index contributed by atoms with van der Waals surface area (Å²) in [6.07, 6.45) is 1.86. The Balaban J connectivity index is 1.82. The summed E-state index contributed by atoms with van der Waals surface area (Å²) in [5.74, 6) is 1.42. The van der Waals surface area contributed by atoms with E-state index in [1.54, 1.807) is 31.1 Å². The fourth-order valence-corrected chi connectivity index (χ4v) is 2.92. The first-order valence-electron chi connectivity index (χ1n) is 7.49. The molecule has 0 bridgehead atoms. The largest absolute Gasteiger partial charge is 0.493 e. The Hall–Kier alpha value is -2.08. The predicted molar refractivity (Wildman–Crippen MR) is 91.3 cm³/mol. The van der Waals surface area contributed by atoms with Crippen molar-refractivity contribution >= 4 is 17.2 Å². The molecule has 5 nitrogen and oxygen atoms in total. The molecule has 2 aromatic rings. The highest BCUT2D eigenvalue weighted by Crippen LogP contribution is 2.27. The fraction of sp³-hybridized carbons (Fsp3) is 0.412. The van der Waals surface area contributed by atoms with E-state index in [0.29, 0.717) is 24.3 Å². The van der Waals surface area contributed by atoms with Gasteiger partial charge in [-0.25, -0.2) is 4.98 Å². The van der Waals surface area contributed by atoms with Crippen LogP contribution < -0.4 is 14.8 Å². The smallest absolute Gasteiger partial charge is 0.220 e. The number of nitrogens with zero attached hydrogens (tertiary/aromatic N) is 1. The van der Waals surface area contributed by atoms with Gasteiger partial charge >= 0.3 is 0 Å². The van der Waals surface area contributed by atoms with Crippen LogP contribution in [0.5, 0.6) is 11.5 Å². The predicted octanol–water partition coefficient (Wildman–Crippen LogP) is 2.84. The Morgan fingerprint density at radius 1 is 1.30 bits per heavy atom. The van der Waals surface area contributed by atoms with Gasteiger partial charge in [0.05, 0.1) is 25.4 Å². The molecule has 0 spiro atoms. The molecule has 1 aromatic heterocycles. The number of rotatable bonds is 8. The second-order valence-corrected chi connectivity index (χ2v) is 6.06. The molecule has 1 amide bonds. The molecular weight excluding hydrogens is 312 g/mol. The van der Waals surface area contributed by atoms with Crippen molar-refractivity contribution < 1.29 is 14.3 Å². The van der Waals surface area contributed by atoms with Gasteiger partial charge < -0.3 is 14.8 Å². The SMILES string of the molecule is COc1ccc(CCC(=O)N[C@H](C)Cc2cscn2)cc1OC. The van der Waals surface area contributed by atoms with E-state index in [0.717, 1.165) is 17.7 Å². The Morgan fingerprint density at radius 3 is 2.74 bits per heavy atom. The molecule has 1 atom stereocenters. The highest BCUT2D eigenvalue weighted by atomic mass is 32.1. The molecule has 0 radical (unpaired) electrons. The molecule has 0 unspecified atom stereocenters. The van der Waals surface area contributed by atoms with E-state index in [-0.39, 0.29) is 11.9 Å². The topological polar surface area (TPSA) is 60.5 Å². The minimum absolute atomic E-state index is 0.0440. The third-order valence-corrected chi connectivity index (χ3v) is 4.13. The minimum Gasteiger partial charge on any atom is -0.493 e. The monoisotopic (exact) mass is 334 g/mol. The van der Waals surface area contributed by atoms with Gasteiger partial charge in [0.15, 0.2) is 11.5 Å². The highest BCUT2D eigenvalue weighted by Gasteiger charge is 2.10. The van der Waals surface area contributed by atoms with Crippen molar-refractivity contribution in [2.24, 2.45) is 0 Å². The number of amides is 1. The molecule has 0 saturated carbocycles. The number of benzene rings is 1. The van der Waals surface area contributed by atoms with Gasteiger partial charge in [0.1, 0.15) is 0 Å². The zero-order valence-electron chi connectivity index (χ0n) is 13.7. The van der Waals surface area contributed by atoms with Crippen LogP contribution in [0.2, 0.25) is 0 Å². The first-order chi connectivity index (χ1) is 11.1. The maximum atomic E-state index is 12.0. The summed E-state index contributed by atoms with van der Waals surface area (Å²) >= 11 is 1.57. The molecule has 6 heteroatoms. The second kappa shape index (κ2) is 8.53. The van der Waals surface area contributed by atoms with E-state index in [1.165, 1.54) is 0 Å². The summed E-state index contributed by atoms with van der Waals surface area (Å²) in [6, 6.07) is 5.80. The van der Waals surface area contributed by atoms with E-state index in [1.807, 2.05) is 30.5 Å². The van der Waals surface area contributed by atoms with Crippen molar-refractivity contribution in [1.82, 2.24) is 10.3 Å². The average molecular weight is 334 g/mol. The fourth-order valence-electron chi connectivity index (χ4n) is 2.34. The van der Waals surface area contributed by atoms with Crippen LogP contribution in [0.1, 0.15) is 24.6 Å². The van der Waals surface area contributed by atoms with Gasteiger partial charge in [-0.1, -0.05) is 6.07 Å². The van der Waals surface area contributed by atoms with Crippen LogP contribution in [0, 0.1) is 0 Å². The summed E-state index contributed by atoms with van der Waals surface area (Å²) in [5, 5.41) is 5.02. The minimum atomic E-state index is 0.0440. The molecule has 0 saturated heterocycles. The third-order valence-electron chi connectivity index (χ3n) is 3.49. The number of aromatic nitrogens is 1. The van der Waals surface area contributed by atoms with Gasteiger partial charge in [-0.2, -0.15) is 0 Å². The lowest BCUT2D eigenvalue weighted by Crippen LogP contribution is -2.34. The standard InChI is InChI=1S/C17H22N2O3S/c1-12(8-14-10-23-11-18-14)19-17(20)7-5-13-4-6-15(21-2)16(9-13)22-3/h4,6,9-12H,5,7-8H2,1-3H3,(H,19,20)/t12-/m1/s1. The number of nitrogens with one attached hydrogen (secondary N) is 1. The van der Waals surface area contributed by atoms with Crippen LogP contribution in [0.3, 0.4) is 0 Å². The maximum absolute atomic E-state index is 12.0. The molecule has 0 fully saturated rings. The summed E-state index contributed by atoms with van der Waals surface area (Å²) in [7, 11) is 3.21. The Morgan fingerprint density at radius 2 is 2.09 bits per heavy atom. The number of hydrogen-bond acceptors (Lipinski definition) is 5. The van der Waals surface area contributed by atoms with Gasteiger partial charge in [0.2, 0.25) is 5.91 Å². The third kappa shape index (κ3) is 5.25. The first-order valence-corrected chi connectivity index (χ1v) is 8.44. The van der Waals surface area contributed by atoms with E-state index < -0.39 is 0 Å². The van der Waals surface area contributed by atoms with Crippen molar-refractivity contribution in [2.75, 3.05) is 14.2 Å². The lowest BCUT2D eigenvalue weighted by Gasteiger charge is -2.13. The molecule has 124 valence electrons.